The molecule has 2 aromatic heterocycles. The average Bonchev–Trinajstić information content (AvgIpc) is 3.06. The molecule has 2 saturated carbocycles. The van der Waals surface area contributed by atoms with Crippen molar-refractivity contribution < 1.29 is 4.52 Å². The van der Waals surface area contributed by atoms with Gasteiger partial charge in [0.25, 0.3) is 0 Å². The zero-order valence-electron chi connectivity index (χ0n) is 12.9. The van der Waals surface area contributed by atoms with Gasteiger partial charge in [0.15, 0.2) is 0 Å². The summed E-state index contributed by atoms with van der Waals surface area (Å²) in [5.41, 5.74) is 1.06. The highest BCUT2D eigenvalue weighted by atomic mass is 32.1. The van der Waals surface area contributed by atoms with E-state index >= 15 is 0 Å². The lowest BCUT2D eigenvalue weighted by atomic mass is 9.89. The monoisotopic (exact) mass is 317 g/mol. The molecule has 22 heavy (non-hydrogen) atoms. The maximum atomic E-state index is 5.49. The van der Waals surface area contributed by atoms with Gasteiger partial charge in [-0.05, 0) is 43.0 Å². The molecule has 0 spiro atoms. The van der Waals surface area contributed by atoms with Crippen LogP contribution >= 0.6 is 11.3 Å². The second-order valence-corrected chi connectivity index (χ2v) is 7.47. The molecule has 0 amide bonds. The maximum absolute atomic E-state index is 5.49. The van der Waals surface area contributed by atoms with Gasteiger partial charge in [-0.2, -0.15) is 16.3 Å². The Hall–Kier alpha value is -1.20. The fourth-order valence-corrected chi connectivity index (χ4v) is 4.12. The van der Waals surface area contributed by atoms with Gasteiger partial charge in [-0.1, -0.05) is 24.4 Å². The second kappa shape index (κ2) is 6.50. The van der Waals surface area contributed by atoms with E-state index in [2.05, 4.69) is 20.4 Å². The van der Waals surface area contributed by atoms with Crippen molar-refractivity contribution in [2.24, 2.45) is 5.92 Å². The predicted molar refractivity (Wildman–Crippen MR) is 87.6 cm³/mol. The Labute approximate surface area is 135 Å². The van der Waals surface area contributed by atoms with E-state index in [-0.39, 0.29) is 0 Å². The lowest BCUT2D eigenvalue weighted by molar-refractivity contribution is 0.166. The molecule has 0 N–H and O–H groups in total. The first-order chi connectivity index (χ1) is 10.9. The minimum absolute atomic E-state index is 0.727. The number of nitrogens with zero attached hydrogens (tertiary/aromatic N) is 3. The molecule has 0 bridgehead atoms. The topological polar surface area (TPSA) is 42.2 Å². The predicted octanol–water partition coefficient (Wildman–Crippen LogP) is 4.34. The Balaban J connectivity index is 1.41. The SMILES string of the molecule is c1cc(-c2noc(CN(CC3CCCCC3)C3CC3)n2)cs1. The van der Waals surface area contributed by atoms with Crippen LogP contribution in [0.2, 0.25) is 0 Å². The van der Waals surface area contributed by atoms with Crippen LogP contribution in [0.5, 0.6) is 0 Å². The summed E-state index contributed by atoms with van der Waals surface area (Å²) in [6.45, 7) is 2.03. The Kier molecular flexibility index (Phi) is 4.26. The molecule has 2 aliphatic rings. The van der Waals surface area contributed by atoms with Crippen molar-refractivity contribution in [3.8, 4) is 11.4 Å². The third kappa shape index (κ3) is 3.41. The minimum Gasteiger partial charge on any atom is -0.338 e. The molecule has 118 valence electrons. The fraction of sp³-hybridized carbons (Fsp3) is 0.647. The third-order valence-corrected chi connectivity index (χ3v) is 5.55. The third-order valence-electron chi connectivity index (χ3n) is 4.87. The van der Waals surface area contributed by atoms with Crippen LogP contribution in [0.25, 0.3) is 11.4 Å². The van der Waals surface area contributed by atoms with Crippen LogP contribution in [0.4, 0.5) is 0 Å². The van der Waals surface area contributed by atoms with E-state index in [9.17, 15) is 0 Å². The Morgan fingerprint density at radius 1 is 1.18 bits per heavy atom. The van der Waals surface area contributed by atoms with Crippen molar-refractivity contribution >= 4 is 11.3 Å². The van der Waals surface area contributed by atoms with Crippen molar-refractivity contribution in [1.29, 1.82) is 0 Å². The number of hydrogen-bond acceptors (Lipinski definition) is 5. The second-order valence-electron chi connectivity index (χ2n) is 6.69. The van der Waals surface area contributed by atoms with Crippen molar-refractivity contribution in [2.45, 2.75) is 57.5 Å². The average molecular weight is 317 g/mol. The molecule has 4 nitrogen and oxygen atoms in total. The highest BCUT2D eigenvalue weighted by molar-refractivity contribution is 7.08. The summed E-state index contributed by atoms with van der Waals surface area (Å²) in [6, 6.07) is 2.79. The highest BCUT2D eigenvalue weighted by Crippen LogP contribution is 2.32. The number of aromatic nitrogens is 2. The molecule has 2 aliphatic carbocycles. The zero-order valence-corrected chi connectivity index (χ0v) is 13.7. The van der Waals surface area contributed by atoms with Crippen LogP contribution in [0.1, 0.15) is 50.8 Å². The smallest absolute Gasteiger partial charge is 0.241 e. The summed E-state index contributed by atoms with van der Waals surface area (Å²) < 4.78 is 5.49. The van der Waals surface area contributed by atoms with Crippen LogP contribution in [-0.4, -0.2) is 27.6 Å². The lowest BCUT2D eigenvalue weighted by Gasteiger charge is -2.28. The van der Waals surface area contributed by atoms with Gasteiger partial charge in [-0.25, -0.2) is 0 Å². The van der Waals surface area contributed by atoms with Gasteiger partial charge in [0.1, 0.15) is 0 Å². The summed E-state index contributed by atoms with van der Waals surface area (Å²) in [4.78, 5) is 7.17. The molecule has 2 fully saturated rings. The van der Waals surface area contributed by atoms with E-state index in [1.807, 2.05) is 11.4 Å². The molecule has 0 saturated heterocycles. The lowest BCUT2D eigenvalue weighted by Crippen LogP contribution is -2.32. The van der Waals surface area contributed by atoms with Gasteiger partial charge in [0.2, 0.25) is 11.7 Å². The maximum Gasteiger partial charge on any atom is 0.241 e. The van der Waals surface area contributed by atoms with E-state index in [1.54, 1.807) is 11.3 Å². The Morgan fingerprint density at radius 3 is 2.77 bits per heavy atom. The van der Waals surface area contributed by atoms with Crippen LogP contribution in [-0.2, 0) is 6.54 Å². The highest BCUT2D eigenvalue weighted by Gasteiger charge is 2.32. The molecule has 0 atom stereocenters. The number of thiophene rings is 1. The first-order valence-corrected chi connectivity index (χ1v) is 9.42. The number of hydrogen-bond donors (Lipinski definition) is 0. The van der Waals surface area contributed by atoms with Crippen LogP contribution < -0.4 is 0 Å². The molecule has 0 aliphatic heterocycles. The van der Waals surface area contributed by atoms with E-state index in [1.165, 1.54) is 51.5 Å². The summed E-state index contributed by atoms with van der Waals surface area (Å²) in [5.74, 6) is 2.36. The molecule has 5 heteroatoms. The summed E-state index contributed by atoms with van der Waals surface area (Å²) in [5, 5.41) is 8.24. The van der Waals surface area contributed by atoms with E-state index in [0.29, 0.717) is 0 Å². The van der Waals surface area contributed by atoms with E-state index < -0.39 is 0 Å². The molecule has 0 radical (unpaired) electrons. The largest absolute Gasteiger partial charge is 0.338 e. The van der Waals surface area contributed by atoms with Crippen molar-refractivity contribution in [2.75, 3.05) is 6.54 Å². The first-order valence-electron chi connectivity index (χ1n) is 8.48. The van der Waals surface area contributed by atoms with E-state index in [0.717, 1.165) is 35.8 Å². The van der Waals surface area contributed by atoms with Gasteiger partial charge in [-0.15, -0.1) is 0 Å². The molecule has 2 aromatic rings. The summed E-state index contributed by atoms with van der Waals surface area (Å²) in [7, 11) is 0. The molecule has 2 heterocycles. The van der Waals surface area contributed by atoms with Crippen LogP contribution in [0, 0.1) is 5.92 Å². The van der Waals surface area contributed by atoms with E-state index in [4.69, 9.17) is 4.52 Å². The Bertz CT molecular complexity index is 585. The minimum atomic E-state index is 0.727. The van der Waals surface area contributed by atoms with Gasteiger partial charge in [0.05, 0.1) is 6.54 Å². The van der Waals surface area contributed by atoms with Crippen molar-refractivity contribution in [3.63, 3.8) is 0 Å². The molecule has 0 unspecified atom stereocenters. The molecule has 4 rings (SSSR count). The summed E-state index contributed by atoms with van der Waals surface area (Å²) in [6.07, 6.45) is 9.70. The first kappa shape index (κ1) is 14.4. The quantitative estimate of drug-likeness (QED) is 0.794. The van der Waals surface area contributed by atoms with Gasteiger partial charge < -0.3 is 4.52 Å². The molecular formula is C17H23N3OS. The number of rotatable bonds is 6. The van der Waals surface area contributed by atoms with Crippen LogP contribution in [0.15, 0.2) is 21.3 Å². The van der Waals surface area contributed by atoms with Gasteiger partial charge >= 0.3 is 0 Å². The van der Waals surface area contributed by atoms with Crippen LogP contribution in [0.3, 0.4) is 0 Å². The summed E-state index contributed by atoms with van der Waals surface area (Å²) >= 11 is 1.66. The van der Waals surface area contributed by atoms with Gasteiger partial charge in [-0.3, -0.25) is 4.90 Å². The molecular weight excluding hydrogens is 294 g/mol. The fourth-order valence-electron chi connectivity index (χ4n) is 3.49. The van der Waals surface area contributed by atoms with Crippen molar-refractivity contribution in [3.05, 3.63) is 22.7 Å². The Morgan fingerprint density at radius 2 is 2.05 bits per heavy atom. The van der Waals surface area contributed by atoms with Gasteiger partial charge in [0, 0.05) is 23.5 Å². The van der Waals surface area contributed by atoms with Crippen molar-refractivity contribution in [1.82, 2.24) is 15.0 Å². The normalized spacial score (nSPS) is 19.9. The standard InChI is InChI=1S/C17H23N3OS/c1-2-4-13(5-3-1)10-20(15-6-7-15)11-16-18-17(19-21-16)14-8-9-22-12-14/h8-9,12-13,15H,1-7,10-11H2. The zero-order chi connectivity index (χ0) is 14.8. The molecule has 0 aromatic carbocycles.